The van der Waals surface area contributed by atoms with Crippen molar-refractivity contribution < 1.29 is 13.9 Å². The van der Waals surface area contributed by atoms with Gasteiger partial charge in [0.25, 0.3) is 0 Å². The Kier molecular flexibility index (Phi) is 4.71. The lowest BCUT2D eigenvalue weighted by Gasteiger charge is -2.12. The minimum absolute atomic E-state index is 0.115. The Hall–Kier alpha value is -2.94. The Morgan fingerprint density at radius 1 is 0.958 bits per heavy atom. The van der Waals surface area contributed by atoms with Crippen LogP contribution in [0.15, 0.2) is 72.8 Å². The van der Waals surface area contributed by atoms with Gasteiger partial charge >= 0.3 is 0 Å². The third kappa shape index (κ3) is 3.51. The zero-order chi connectivity index (χ0) is 16.9. The monoisotopic (exact) mass is 320 g/mol. The number of rotatable bonds is 5. The van der Waals surface area contributed by atoms with Crippen molar-refractivity contribution >= 4 is 5.78 Å². The molecule has 0 unspecified atom stereocenters. The molecule has 0 N–H and O–H groups in total. The molecule has 0 saturated carbocycles. The lowest BCUT2D eigenvalue weighted by Crippen LogP contribution is -2.02. The zero-order valence-electron chi connectivity index (χ0n) is 13.3. The Balaban J connectivity index is 1.91. The fourth-order valence-electron chi connectivity index (χ4n) is 2.53. The van der Waals surface area contributed by atoms with Gasteiger partial charge in [-0.1, -0.05) is 54.6 Å². The van der Waals surface area contributed by atoms with E-state index in [1.165, 1.54) is 13.0 Å². The van der Waals surface area contributed by atoms with Gasteiger partial charge in [0.05, 0.1) is 5.56 Å². The minimum atomic E-state index is -0.315. The highest BCUT2D eigenvalue weighted by Gasteiger charge is 2.12. The molecule has 0 fully saturated rings. The number of ether oxygens (including phenoxy) is 1. The van der Waals surface area contributed by atoms with Gasteiger partial charge in [0, 0.05) is 5.56 Å². The van der Waals surface area contributed by atoms with E-state index in [-0.39, 0.29) is 11.6 Å². The summed E-state index contributed by atoms with van der Waals surface area (Å²) in [6.07, 6.45) is 0. The number of hydrogen-bond acceptors (Lipinski definition) is 2. The molecule has 0 aromatic heterocycles. The van der Waals surface area contributed by atoms with E-state index in [1.807, 2.05) is 30.3 Å². The topological polar surface area (TPSA) is 26.3 Å². The van der Waals surface area contributed by atoms with E-state index in [2.05, 4.69) is 0 Å². The SMILES string of the molecule is CC(=O)c1cc(-c2ccccc2F)ccc1OCc1ccccc1. The normalized spacial score (nSPS) is 10.4. The molecule has 24 heavy (non-hydrogen) atoms. The molecule has 0 radical (unpaired) electrons. The van der Waals surface area contributed by atoms with Crippen LogP contribution in [0.1, 0.15) is 22.8 Å². The van der Waals surface area contributed by atoms with Crippen molar-refractivity contribution in [3.8, 4) is 16.9 Å². The molecule has 0 aliphatic carbocycles. The predicted octanol–water partition coefficient (Wildman–Crippen LogP) is 5.27. The average molecular weight is 320 g/mol. The summed E-state index contributed by atoms with van der Waals surface area (Å²) in [6.45, 7) is 1.86. The molecule has 0 aliphatic heterocycles. The van der Waals surface area contributed by atoms with Crippen LogP contribution < -0.4 is 4.74 Å². The standard InChI is InChI=1S/C21H17FO2/c1-15(23)19-13-17(18-9-5-6-10-20(18)22)11-12-21(19)24-14-16-7-3-2-4-8-16/h2-13H,14H2,1H3. The molecule has 3 rings (SSSR count). The smallest absolute Gasteiger partial charge is 0.163 e. The highest BCUT2D eigenvalue weighted by Crippen LogP contribution is 2.29. The van der Waals surface area contributed by atoms with Gasteiger partial charge in [0.1, 0.15) is 18.2 Å². The molecule has 0 amide bonds. The lowest BCUT2D eigenvalue weighted by atomic mass is 10.0. The van der Waals surface area contributed by atoms with Gasteiger partial charge in [-0.05, 0) is 36.2 Å². The van der Waals surface area contributed by atoms with Crippen LogP contribution in [-0.2, 0) is 6.61 Å². The molecule has 120 valence electrons. The summed E-state index contributed by atoms with van der Waals surface area (Å²) in [4.78, 5) is 12.0. The highest BCUT2D eigenvalue weighted by molar-refractivity contribution is 5.98. The van der Waals surface area contributed by atoms with Crippen molar-refractivity contribution in [3.63, 3.8) is 0 Å². The van der Waals surface area contributed by atoms with E-state index < -0.39 is 0 Å². The molecule has 0 saturated heterocycles. The van der Waals surface area contributed by atoms with Crippen LogP contribution in [0.2, 0.25) is 0 Å². The summed E-state index contributed by atoms with van der Waals surface area (Å²) >= 11 is 0. The Labute approximate surface area is 140 Å². The zero-order valence-corrected chi connectivity index (χ0v) is 13.3. The van der Waals surface area contributed by atoms with E-state index in [9.17, 15) is 9.18 Å². The summed E-state index contributed by atoms with van der Waals surface area (Å²) in [7, 11) is 0. The van der Waals surface area contributed by atoms with Crippen molar-refractivity contribution in [1.82, 2.24) is 0 Å². The first-order valence-electron chi connectivity index (χ1n) is 7.72. The summed E-state index contributed by atoms with van der Waals surface area (Å²) < 4.78 is 19.8. The van der Waals surface area contributed by atoms with Crippen molar-refractivity contribution in [2.75, 3.05) is 0 Å². The van der Waals surface area contributed by atoms with Crippen molar-refractivity contribution in [2.45, 2.75) is 13.5 Å². The average Bonchev–Trinajstić information content (AvgIpc) is 2.61. The molecular weight excluding hydrogens is 303 g/mol. The van der Waals surface area contributed by atoms with E-state index in [0.717, 1.165) is 5.56 Å². The summed E-state index contributed by atoms with van der Waals surface area (Å²) in [5.41, 5.74) is 2.59. The molecule has 0 heterocycles. The molecule has 0 bridgehead atoms. The Morgan fingerprint density at radius 3 is 2.38 bits per heavy atom. The van der Waals surface area contributed by atoms with Crippen LogP contribution in [-0.4, -0.2) is 5.78 Å². The van der Waals surface area contributed by atoms with Crippen LogP contribution in [0.25, 0.3) is 11.1 Å². The van der Waals surface area contributed by atoms with Crippen LogP contribution in [0.4, 0.5) is 4.39 Å². The maximum atomic E-state index is 14.0. The second-order valence-corrected chi connectivity index (χ2v) is 5.52. The van der Waals surface area contributed by atoms with Crippen LogP contribution in [0.5, 0.6) is 5.75 Å². The fraction of sp³-hybridized carbons (Fsp3) is 0.0952. The van der Waals surface area contributed by atoms with Gasteiger partial charge in [-0.2, -0.15) is 0 Å². The van der Waals surface area contributed by atoms with Crippen molar-refractivity contribution in [3.05, 3.63) is 89.7 Å². The largest absolute Gasteiger partial charge is 0.488 e. The number of ketones is 1. The minimum Gasteiger partial charge on any atom is -0.488 e. The summed E-state index contributed by atoms with van der Waals surface area (Å²) in [5.74, 6) is 0.0765. The molecule has 3 heteroatoms. The predicted molar refractivity (Wildman–Crippen MR) is 92.6 cm³/mol. The highest BCUT2D eigenvalue weighted by atomic mass is 19.1. The van der Waals surface area contributed by atoms with Crippen LogP contribution in [0.3, 0.4) is 0 Å². The quantitative estimate of drug-likeness (QED) is 0.598. The second-order valence-electron chi connectivity index (χ2n) is 5.52. The lowest BCUT2D eigenvalue weighted by molar-refractivity contribution is 0.101. The van der Waals surface area contributed by atoms with Crippen molar-refractivity contribution in [2.24, 2.45) is 0 Å². The van der Waals surface area contributed by atoms with E-state index in [4.69, 9.17) is 4.74 Å². The number of benzene rings is 3. The number of halogens is 1. The molecule has 3 aromatic rings. The summed E-state index contributed by atoms with van der Waals surface area (Å²) in [5, 5.41) is 0. The maximum Gasteiger partial charge on any atom is 0.163 e. The molecular formula is C21H17FO2. The van der Waals surface area contributed by atoms with E-state index in [1.54, 1.807) is 36.4 Å². The summed E-state index contributed by atoms with van der Waals surface area (Å²) in [6, 6.07) is 21.4. The first-order valence-corrected chi connectivity index (χ1v) is 7.72. The van der Waals surface area contributed by atoms with Gasteiger partial charge in [0.15, 0.2) is 5.78 Å². The van der Waals surface area contributed by atoms with Gasteiger partial charge < -0.3 is 4.74 Å². The van der Waals surface area contributed by atoms with Crippen LogP contribution in [0, 0.1) is 5.82 Å². The van der Waals surface area contributed by atoms with E-state index >= 15 is 0 Å². The van der Waals surface area contributed by atoms with Gasteiger partial charge in [-0.15, -0.1) is 0 Å². The fourth-order valence-corrected chi connectivity index (χ4v) is 2.53. The number of hydrogen-bond donors (Lipinski definition) is 0. The molecule has 0 spiro atoms. The Bertz CT molecular complexity index is 857. The van der Waals surface area contributed by atoms with Crippen molar-refractivity contribution in [1.29, 1.82) is 0 Å². The third-order valence-corrected chi connectivity index (χ3v) is 3.78. The molecule has 0 aliphatic rings. The van der Waals surface area contributed by atoms with Gasteiger partial charge in [-0.25, -0.2) is 4.39 Å². The number of carbonyl (C=O) groups is 1. The first-order chi connectivity index (χ1) is 11.6. The van der Waals surface area contributed by atoms with Crippen LogP contribution >= 0.6 is 0 Å². The van der Waals surface area contributed by atoms with Gasteiger partial charge in [-0.3, -0.25) is 4.79 Å². The molecule has 0 atom stereocenters. The Morgan fingerprint density at radius 2 is 1.67 bits per heavy atom. The number of Topliss-reactive ketones (excluding diaryl/α,β-unsaturated/α-hetero) is 1. The second kappa shape index (κ2) is 7.09. The maximum absolute atomic E-state index is 14.0. The molecule has 3 aromatic carbocycles. The van der Waals surface area contributed by atoms with Gasteiger partial charge in [0.2, 0.25) is 0 Å². The van der Waals surface area contributed by atoms with E-state index in [0.29, 0.717) is 29.0 Å². The number of carbonyl (C=O) groups excluding carboxylic acids is 1. The first kappa shape index (κ1) is 15.9. The molecule has 2 nitrogen and oxygen atoms in total. The third-order valence-electron chi connectivity index (χ3n) is 3.78.